The van der Waals surface area contributed by atoms with Crippen molar-refractivity contribution in [2.24, 2.45) is 0 Å². The fourth-order valence-electron chi connectivity index (χ4n) is 4.17. The molecular formula is C27H29Cl2N3O3S. The second-order valence-electron chi connectivity index (χ2n) is 8.97. The van der Waals surface area contributed by atoms with Gasteiger partial charge in [-0.1, -0.05) is 71.2 Å². The van der Waals surface area contributed by atoms with Gasteiger partial charge in [0.25, 0.3) is 10.0 Å². The molecule has 1 amide bonds. The van der Waals surface area contributed by atoms with E-state index < -0.39 is 22.5 Å². The highest BCUT2D eigenvalue weighted by Gasteiger charge is 2.29. The minimum absolute atomic E-state index is 0.0607. The molecule has 0 spiro atoms. The van der Waals surface area contributed by atoms with E-state index in [-0.39, 0.29) is 27.2 Å². The van der Waals surface area contributed by atoms with Gasteiger partial charge in [0.15, 0.2) is 0 Å². The number of carbonyl (C=O) groups is 1. The molecule has 4 rings (SSSR count). The molecule has 1 saturated heterocycles. The zero-order valence-corrected chi connectivity index (χ0v) is 22.4. The summed E-state index contributed by atoms with van der Waals surface area (Å²) in [6.45, 7) is 4.91. The Morgan fingerprint density at radius 2 is 1.58 bits per heavy atom. The van der Waals surface area contributed by atoms with Gasteiger partial charge in [-0.3, -0.25) is 14.0 Å². The number of benzene rings is 3. The van der Waals surface area contributed by atoms with E-state index in [9.17, 15) is 13.2 Å². The quantitative estimate of drug-likeness (QED) is 0.390. The average Bonchev–Trinajstić information content (AvgIpc) is 3.37. The molecule has 3 aromatic rings. The van der Waals surface area contributed by atoms with Crippen molar-refractivity contribution < 1.29 is 13.2 Å². The Balaban J connectivity index is 1.48. The molecule has 3 aromatic carbocycles. The third-order valence-electron chi connectivity index (χ3n) is 6.21. The summed E-state index contributed by atoms with van der Waals surface area (Å²) in [7, 11) is -4.08. The van der Waals surface area contributed by atoms with Crippen LogP contribution in [-0.4, -0.2) is 38.9 Å². The Hall–Kier alpha value is -2.58. The number of hydrogen-bond acceptors (Lipinski definition) is 4. The van der Waals surface area contributed by atoms with E-state index in [4.69, 9.17) is 23.2 Å². The number of carbonyl (C=O) groups excluding carboxylic acids is 1. The highest BCUT2D eigenvalue weighted by Crippen LogP contribution is 2.35. The van der Waals surface area contributed by atoms with E-state index in [2.05, 4.69) is 22.3 Å². The number of nitrogens with one attached hydrogen (secondary N) is 1. The SMILES string of the molecule is Cc1ccc(S(=O)(=O)N(CC(=O)NCc2ccc(CN3CCCC3)cc2)c2cccc(Cl)c2Cl)cc1. The minimum atomic E-state index is -4.08. The van der Waals surface area contributed by atoms with Gasteiger partial charge < -0.3 is 5.32 Å². The van der Waals surface area contributed by atoms with Crippen LogP contribution in [0.25, 0.3) is 0 Å². The predicted octanol–water partition coefficient (Wildman–Crippen LogP) is 5.41. The lowest BCUT2D eigenvalue weighted by Crippen LogP contribution is -2.40. The lowest BCUT2D eigenvalue weighted by Gasteiger charge is -2.25. The van der Waals surface area contributed by atoms with E-state index in [1.54, 1.807) is 24.3 Å². The van der Waals surface area contributed by atoms with Crippen LogP contribution in [0.15, 0.2) is 71.6 Å². The fraction of sp³-hybridized carbons (Fsp3) is 0.296. The Kier molecular flexibility index (Phi) is 8.57. The van der Waals surface area contributed by atoms with Crippen molar-refractivity contribution >= 4 is 44.8 Å². The molecule has 1 aliphatic heterocycles. The zero-order chi connectivity index (χ0) is 25.7. The molecule has 1 fully saturated rings. The number of anilines is 1. The van der Waals surface area contributed by atoms with Crippen LogP contribution in [0, 0.1) is 6.92 Å². The summed E-state index contributed by atoms with van der Waals surface area (Å²) in [6.07, 6.45) is 2.50. The topological polar surface area (TPSA) is 69.7 Å². The van der Waals surface area contributed by atoms with Crippen molar-refractivity contribution in [3.8, 4) is 0 Å². The van der Waals surface area contributed by atoms with Crippen LogP contribution in [0.3, 0.4) is 0 Å². The molecule has 36 heavy (non-hydrogen) atoms. The van der Waals surface area contributed by atoms with Gasteiger partial charge in [0.05, 0.1) is 20.6 Å². The van der Waals surface area contributed by atoms with Gasteiger partial charge in [0.1, 0.15) is 6.54 Å². The summed E-state index contributed by atoms with van der Waals surface area (Å²) in [4.78, 5) is 15.4. The monoisotopic (exact) mass is 545 g/mol. The summed E-state index contributed by atoms with van der Waals surface area (Å²) in [5.41, 5.74) is 3.23. The highest BCUT2D eigenvalue weighted by atomic mass is 35.5. The van der Waals surface area contributed by atoms with Crippen LogP contribution >= 0.6 is 23.2 Å². The molecule has 9 heteroatoms. The molecule has 0 aliphatic carbocycles. The molecule has 1 heterocycles. The fourth-order valence-corrected chi connectivity index (χ4v) is 6.05. The lowest BCUT2D eigenvalue weighted by molar-refractivity contribution is -0.119. The number of halogens is 2. The van der Waals surface area contributed by atoms with Crippen molar-refractivity contribution in [1.29, 1.82) is 0 Å². The first-order valence-corrected chi connectivity index (χ1v) is 14.0. The summed E-state index contributed by atoms with van der Waals surface area (Å²) in [6, 6.07) is 19.2. The van der Waals surface area contributed by atoms with Crippen molar-refractivity contribution in [3.63, 3.8) is 0 Å². The van der Waals surface area contributed by atoms with Crippen molar-refractivity contribution in [2.75, 3.05) is 23.9 Å². The largest absolute Gasteiger partial charge is 0.350 e. The minimum Gasteiger partial charge on any atom is -0.350 e. The Bertz CT molecular complexity index is 1310. The first kappa shape index (κ1) is 26.5. The van der Waals surface area contributed by atoms with E-state index in [1.807, 2.05) is 19.1 Å². The molecular weight excluding hydrogens is 517 g/mol. The van der Waals surface area contributed by atoms with Gasteiger partial charge in [-0.05, 0) is 68.2 Å². The van der Waals surface area contributed by atoms with Crippen LogP contribution in [0.1, 0.15) is 29.5 Å². The van der Waals surface area contributed by atoms with E-state index in [0.29, 0.717) is 0 Å². The van der Waals surface area contributed by atoms with Gasteiger partial charge in [0, 0.05) is 13.1 Å². The van der Waals surface area contributed by atoms with E-state index in [0.717, 1.165) is 35.1 Å². The molecule has 0 saturated carbocycles. The second-order valence-corrected chi connectivity index (χ2v) is 11.6. The third kappa shape index (κ3) is 6.40. The van der Waals surface area contributed by atoms with Crippen LogP contribution < -0.4 is 9.62 Å². The van der Waals surface area contributed by atoms with Crippen molar-refractivity contribution in [1.82, 2.24) is 10.2 Å². The smallest absolute Gasteiger partial charge is 0.264 e. The Labute approximate surface area is 222 Å². The maximum atomic E-state index is 13.5. The number of hydrogen-bond donors (Lipinski definition) is 1. The summed E-state index contributed by atoms with van der Waals surface area (Å²) < 4.78 is 28.1. The summed E-state index contributed by atoms with van der Waals surface area (Å²) >= 11 is 12.5. The Morgan fingerprint density at radius 1 is 0.944 bits per heavy atom. The normalized spacial score (nSPS) is 14.1. The molecule has 190 valence electrons. The van der Waals surface area contributed by atoms with Gasteiger partial charge in [-0.2, -0.15) is 0 Å². The first-order chi connectivity index (χ1) is 17.2. The van der Waals surface area contributed by atoms with Gasteiger partial charge in [-0.15, -0.1) is 0 Å². The zero-order valence-electron chi connectivity index (χ0n) is 20.1. The summed E-state index contributed by atoms with van der Waals surface area (Å²) in [5.74, 6) is -0.456. The lowest BCUT2D eigenvalue weighted by atomic mass is 10.1. The molecule has 6 nitrogen and oxygen atoms in total. The molecule has 0 unspecified atom stereocenters. The van der Waals surface area contributed by atoms with Gasteiger partial charge >= 0.3 is 0 Å². The second kappa shape index (κ2) is 11.6. The van der Waals surface area contributed by atoms with E-state index >= 15 is 0 Å². The number of aryl methyl sites for hydroxylation is 1. The van der Waals surface area contributed by atoms with Crippen molar-refractivity contribution in [2.45, 2.75) is 37.8 Å². The average molecular weight is 547 g/mol. The molecule has 0 aromatic heterocycles. The first-order valence-electron chi connectivity index (χ1n) is 11.8. The van der Waals surface area contributed by atoms with Gasteiger partial charge in [0.2, 0.25) is 5.91 Å². The maximum Gasteiger partial charge on any atom is 0.264 e. The van der Waals surface area contributed by atoms with E-state index in [1.165, 1.54) is 36.6 Å². The molecule has 1 aliphatic rings. The van der Waals surface area contributed by atoms with Crippen LogP contribution in [-0.2, 0) is 27.9 Å². The number of nitrogens with zero attached hydrogens (tertiary/aromatic N) is 2. The number of sulfonamides is 1. The number of rotatable bonds is 9. The Morgan fingerprint density at radius 3 is 2.25 bits per heavy atom. The molecule has 1 N–H and O–H groups in total. The third-order valence-corrected chi connectivity index (χ3v) is 8.80. The molecule has 0 bridgehead atoms. The number of likely N-dealkylation sites (tertiary alicyclic amines) is 1. The molecule has 0 radical (unpaired) electrons. The predicted molar refractivity (Wildman–Crippen MR) is 145 cm³/mol. The molecule has 0 atom stereocenters. The maximum absolute atomic E-state index is 13.5. The van der Waals surface area contributed by atoms with Gasteiger partial charge in [-0.25, -0.2) is 8.42 Å². The van der Waals surface area contributed by atoms with Crippen LogP contribution in [0.5, 0.6) is 0 Å². The van der Waals surface area contributed by atoms with Crippen LogP contribution in [0.2, 0.25) is 10.0 Å². The van der Waals surface area contributed by atoms with Crippen LogP contribution in [0.4, 0.5) is 5.69 Å². The number of amides is 1. The highest BCUT2D eigenvalue weighted by molar-refractivity contribution is 7.92. The summed E-state index contributed by atoms with van der Waals surface area (Å²) in [5, 5.41) is 3.09. The van der Waals surface area contributed by atoms with Crippen molar-refractivity contribution in [3.05, 3.63) is 93.5 Å². The standard InChI is InChI=1S/C27H29Cl2N3O3S/c1-20-7-13-23(14-8-20)36(34,35)32(25-6-4-5-24(28)27(25)29)19-26(33)30-17-21-9-11-22(12-10-21)18-31-15-2-3-16-31/h4-14H,2-3,15-19H2,1H3,(H,30,33).